The van der Waals surface area contributed by atoms with E-state index in [4.69, 9.17) is 16.3 Å². The second-order valence-corrected chi connectivity index (χ2v) is 8.04. The van der Waals surface area contributed by atoms with Crippen LogP contribution in [-0.2, 0) is 17.7 Å². The quantitative estimate of drug-likeness (QED) is 0.611. The van der Waals surface area contributed by atoms with Gasteiger partial charge in [-0.1, -0.05) is 38.8 Å². The van der Waals surface area contributed by atoms with Crippen molar-refractivity contribution in [2.75, 3.05) is 6.54 Å². The van der Waals surface area contributed by atoms with Gasteiger partial charge in [0.25, 0.3) is 0 Å². The molecule has 1 unspecified atom stereocenters. The van der Waals surface area contributed by atoms with E-state index >= 15 is 0 Å². The Labute approximate surface area is 156 Å². The van der Waals surface area contributed by atoms with Gasteiger partial charge < -0.3 is 20.4 Å². The third-order valence-electron chi connectivity index (χ3n) is 3.72. The minimum atomic E-state index is -0.503. The molecule has 0 aliphatic rings. The predicted octanol–water partition coefficient (Wildman–Crippen LogP) is 4.04. The van der Waals surface area contributed by atoms with E-state index < -0.39 is 11.7 Å². The molecule has 3 N–H and O–H groups in total. The molecule has 1 aromatic rings. The van der Waals surface area contributed by atoms with Crippen LogP contribution in [0.1, 0.15) is 65.9 Å². The number of aryl methyl sites for hydroxylation is 1. The third-order valence-corrected chi connectivity index (χ3v) is 4.03. The Morgan fingerprint density at radius 1 is 1.36 bits per heavy atom. The molecule has 1 atom stereocenters. The van der Waals surface area contributed by atoms with Crippen LogP contribution >= 0.6 is 11.6 Å². The van der Waals surface area contributed by atoms with Crippen molar-refractivity contribution in [3.05, 3.63) is 16.7 Å². The first-order valence-corrected chi connectivity index (χ1v) is 9.43. The van der Waals surface area contributed by atoms with Crippen LogP contribution in [0.15, 0.2) is 0 Å². The van der Waals surface area contributed by atoms with Crippen LogP contribution in [0.4, 0.5) is 4.79 Å². The van der Waals surface area contributed by atoms with Gasteiger partial charge in [-0.2, -0.15) is 0 Å². The van der Waals surface area contributed by atoms with Crippen LogP contribution < -0.4 is 10.6 Å². The fraction of sp³-hybridized carbons (Fsp3) is 0.778. The summed E-state index contributed by atoms with van der Waals surface area (Å²) in [4.78, 5) is 19.6. The third kappa shape index (κ3) is 8.59. The number of unbranched alkanes of at least 4 members (excludes halogenated alkanes) is 1. The van der Waals surface area contributed by atoms with Crippen molar-refractivity contribution in [2.45, 2.75) is 79.0 Å². The summed E-state index contributed by atoms with van der Waals surface area (Å²) in [6, 6.07) is -0.0314. The van der Waals surface area contributed by atoms with Crippen molar-refractivity contribution in [3.63, 3.8) is 0 Å². The van der Waals surface area contributed by atoms with Gasteiger partial charge >= 0.3 is 6.09 Å². The lowest BCUT2D eigenvalue weighted by Gasteiger charge is -2.26. The van der Waals surface area contributed by atoms with Crippen LogP contribution in [0.2, 0.25) is 5.15 Å². The topological polar surface area (TPSA) is 79.0 Å². The van der Waals surface area contributed by atoms with Crippen LogP contribution in [0.25, 0.3) is 0 Å². The Morgan fingerprint density at radius 2 is 2.04 bits per heavy atom. The Hall–Kier alpha value is -1.27. The summed E-state index contributed by atoms with van der Waals surface area (Å²) in [5.74, 6) is 1.20. The Morgan fingerprint density at radius 3 is 2.60 bits per heavy atom. The fourth-order valence-corrected chi connectivity index (χ4v) is 2.50. The summed E-state index contributed by atoms with van der Waals surface area (Å²) in [5.41, 5.74) is 0.379. The van der Waals surface area contributed by atoms with E-state index in [1.807, 2.05) is 20.8 Å². The van der Waals surface area contributed by atoms with E-state index in [0.717, 1.165) is 30.8 Å². The van der Waals surface area contributed by atoms with Crippen molar-refractivity contribution in [2.24, 2.45) is 5.92 Å². The van der Waals surface area contributed by atoms with E-state index in [9.17, 15) is 4.79 Å². The number of alkyl carbamates (subject to hydrolysis) is 1. The molecule has 0 aliphatic heterocycles. The van der Waals surface area contributed by atoms with Crippen molar-refractivity contribution in [3.8, 4) is 0 Å². The molecule has 1 aromatic heterocycles. The number of halogens is 1. The average molecular weight is 373 g/mol. The maximum atomic E-state index is 12.0. The monoisotopic (exact) mass is 372 g/mol. The summed E-state index contributed by atoms with van der Waals surface area (Å²) in [5, 5.41) is 6.77. The first-order chi connectivity index (χ1) is 11.6. The number of imidazole rings is 1. The number of hydrogen-bond donors (Lipinski definition) is 3. The zero-order chi connectivity index (χ0) is 19.0. The SMILES string of the molecule is CCCCc1nc(Cl)c(CNCC(NC(=O)OC(C)(C)C)C(C)C)[nH]1. The highest BCUT2D eigenvalue weighted by atomic mass is 35.5. The van der Waals surface area contributed by atoms with Gasteiger partial charge in [0, 0.05) is 25.6 Å². The summed E-state index contributed by atoms with van der Waals surface area (Å²) in [6.45, 7) is 13.0. The van der Waals surface area contributed by atoms with Crippen LogP contribution in [0.3, 0.4) is 0 Å². The number of nitrogens with zero attached hydrogens (tertiary/aromatic N) is 1. The molecule has 0 bridgehead atoms. The van der Waals surface area contributed by atoms with Gasteiger partial charge in [-0.25, -0.2) is 9.78 Å². The first-order valence-electron chi connectivity index (χ1n) is 9.05. The number of hydrogen-bond acceptors (Lipinski definition) is 4. The molecule has 0 saturated heterocycles. The minimum absolute atomic E-state index is 0.0314. The molecule has 0 fully saturated rings. The number of H-pyrrole nitrogens is 1. The summed E-state index contributed by atoms with van der Waals surface area (Å²) in [6.07, 6.45) is 2.73. The number of amides is 1. The largest absolute Gasteiger partial charge is 0.444 e. The number of carbonyl (C=O) groups is 1. The zero-order valence-electron chi connectivity index (χ0n) is 16.3. The predicted molar refractivity (Wildman–Crippen MR) is 102 cm³/mol. The van der Waals surface area contributed by atoms with Crippen molar-refractivity contribution >= 4 is 17.7 Å². The molecule has 6 nitrogen and oxygen atoms in total. The molecular formula is C18H33ClN4O2. The van der Waals surface area contributed by atoms with Gasteiger partial charge in [0.05, 0.1) is 5.69 Å². The molecule has 1 heterocycles. The van der Waals surface area contributed by atoms with E-state index in [0.29, 0.717) is 18.2 Å². The summed E-state index contributed by atoms with van der Waals surface area (Å²) in [7, 11) is 0. The van der Waals surface area contributed by atoms with E-state index in [1.54, 1.807) is 0 Å². The molecule has 7 heteroatoms. The number of aromatic nitrogens is 2. The molecule has 25 heavy (non-hydrogen) atoms. The van der Waals surface area contributed by atoms with Crippen molar-refractivity contribution in [1.82, 2.24) is 20.6 Å². The van der Waals surface area contributed by atoms with E-state index in [2.05, 4.69) is 41.4 Å². The molecule has 1 amide bonds. The lowest BCUT2D eigenvalue weighted by molar-refractivity contribution is 0.0490. The van der Waals surface area contributed by atoms with E-state index in [1.165, 1.54) is 0 Å². The fourth-order valence-electron chi connectivity index (χ4n) is 2.28. The Balaban J connectivity index is 2.50. The van der Waals surface area contributed by atoms with Crippen LogP contribution in [0.5, 0.6) is 0 Å². The van der Waals surface area contributed by atoms with Crippen molar-refractivity contribution < 1.29 is 9.53 Å². The normalized spacial score (nSPS) is 13.1. The highest BCUT2D eigenvalue weighted by Crippen LogP contribution is 2.14. The minimum Gasteiger partial charge on any atom is -0.444 e. The molecular weight excluding hydrogens is 340 g/mol. The second-order valence-electron chi connectivity index (χ2n) is 7.68. The van der Waals surface area contributed by atoms with Gasteiger partial charge in [-0.3, -0.25) is 0 Å². The highest BCUT2D eigenvalue weighted by Gasteiger charge is 2.21. The average Bonchev–Trinajstić information content (AvgIpc) is 2.82. The highest BCUT2D eigenvalue weighted by molar-refractivity contribution is 6.30. The standard InChI is InChI=1S/C18H33ClN4O2/c1-7-8-9-15-21-14(16(19)23-15)11-20-10-13(12(2)3)22-17(24)25-18(4,5)6/h12-13,20H,7-11H2,1-6H3,(H,21,23)(H,22,24). The molecule has 0 aliphatic carbocycles. The number of nitrogens with one attached hydrogen (secondary N) is 3. The number of ether oxygens (including phenoxy) is 1. The summed E-state index contributed by atoms with van der Waals surface area (Å²) < 4.78 is 5.33. The zero-order valence-corrected chi connectivity index (χ0v) is 17.1. The Bertz CT molecular complexity index is 538. The summed E-state index contributed by atoms with van der Waals surface area (Å²) >= 11 is 6.19. The molecule has 0 spiro atoms. The van der Waals surface area contributed by atoms with Crippen LogP contribution in [0, 0.1) is 5.92 Å². The molecule has 0 aromatic carbocycles. The Kier molecular flexibility index (Phi) is 8.73. The van der Waals surface area contributed by atoms with Crippen molar-refractivity contribution in [1.29, 1.82) is 0 Å². The number of carbonyl (C=O) groups excluding carboxylic acids is 1. The molecule has 144 valence electrons. The lowest BCUT2D eigenvalue weighted by Crippen LogP contribution is -2.47. The van der Waals surface area contributed by atoms with Crippen LogP contribution in [-0.4, -0.2) is 34.2 Å². The van der Waals surface area contributed by atoms with Gasteiger partial charge in [0.2, 0.25) is 0 Å². The first kappa shape index (κ1) is 21.8. The maximum Gasteiger partial charge on any atom is 0.407 e. The van der Waals surface area contributed by atoms with Gasteiger partial charge in [0.15, 0.2) is 5.15 Å². The smallest absolute Gasteiger partial charge is 0.407 e. The molecule has 1 rings (SSSR count). The van der Waals surface area contributed by atoms with Gasteiger partial charge in [-0.15, -0.1) is 0 Å². The molecule has 0 radical (unpaired) electrons. The van der Waals surface area contributed by atoms with Gasteiger partial charge in [-0.05, 0) is 33.1 Å². The number of aromatic amines is 1. The van der Waals surface area contributed by atoms with E-state index in [-0.39, 0.29) is 12.0 Å². The second kappa shape index (κ2) is 10.0. The number of rotatable bonds is 9. The maximum absolute atomic E-state index is 12.0. The van der Waals surface area contributed by atoms with Gasteiger partial charge in [0.1, 0.15) is 11.4 Å². The molecule has 0 saturated carbocycles. The lowest BCUT2D eigenvalue weighted by atomic mass is 10.0.